The largest absolute Gasteiger partial charge is 0.346 e. The standard InChI is InChI=1S/C14H23N5O/c1-10(12-18-17-11-4-3-9-19(11)12)16-13(20)14(2)5-7-15-8-6-14/h10,15H,3-9H2,1-2H3,(H,16,20). The number of nitrogens with zero attached hydrogens (tertiary/aromatic N) is 3. The zero-order valence-corrected chi connectivity index (χ0v) is 12.3. The van der Waals surface area contributed by atoms with Crippen LogP contribution in [0.2, 0.25) is 0 Å². The number of rotatable bonds is 3. The highest BCUT2D eigenvalue weighted by Gasteiger charge is 2.35. The molecule has 0 saturated carbocycles. The summed E-state index contributed by atoms with van der Waals surface area (Å²) in [5, 5.41) is 14.9. The van der Waals surface area contributed by atoms with Crippen molar-refractivity contribution in [3.05, 3.63) is 11.6 Å². The van der Waals surface area contributed by atoms with Crippen LogP contribution in [0, 0.1) is 5.41 Å². The van der Waals surface area contributed by atoms with Crippen molar-refractivity contribution in [3.8, 4) is 0 Å². The molecule has 1 atom stereocenters. The molecular formula is C14H23N5O. The molecule has 0 bridgehead atoms. The van der Waals surface area contributed by atoms with Crippen molar-refractivity contribution >= 4 is 5.91 Å². The molecule has 0 aliphatic carbocycles. The van der Waals surface area contributed by atoms with Gasteiger partial charge in [-0.1, -0.05) is 6.92 Å². The molecule has 1 fully saturated rings. The summed E-state index contributed by atoms with van der Waals surface area (Å²) in [6.45, 7) is 6.86. The summed E-state index contributed by atoms with van der Waals surface area (Å²) in [7, 11) is 0. The van der Waals surface area contributed by atoms with Gasteiger partial charge in [0.25, 0.3) is 0 Å². The lowest BCUT2D eigenvalue weighted by Gasteiger charge is -2.33. The minimum Gasteiger partial charge on any atom is -0.346 e. The van der Waals surface area contributed by atoms with Crippen molar-refractivity contribution in [3.63, 3.8) is 0 Å². The van der Waals surface area contributed by atoms with Crippen molar-refractivity contribution in [2.24, 2.45) is 5.41 Å². The van der Waals surface area contributed by atoms with Gasteiger partial charge in [0.1, 0.15) is 5.82 Å². The SMILES string of the molecule is CC(NC(=O)C1(C)CCNCC1)c1nnc2n1CCC2. The second-order valence-electron chi connectivity index (χ2n) is 6.24. The number of carbonyl (C=O) groups is 1. The summed E-state index contributed by atoms with van der Waals surface area (Å²) in [6.07, 6.45) is 3.91. The van der Waals surface area contributed by atoms with Crippen LogP contribution in [0.25, 0.3) is 0 Å². The smallest absolute Gasteiger partial charge is 0.226 e. The Morgan fingerprint density at radius 3 is 2.90 bits per heavy atom. The van der Waals surface area contributed by atoms with Gasteiger partial charge in [-0.3, -0.25) is 4.79 Å². The van der Waals surface area contributed by atoms with E-state index in [1.807, 2.05) is 6.92 Å². The van der Waals surface area contributed by atoms with Crippen molar-refractivity contribution in [2.75, 3.05) is 13.1 Å². The van der Waals surface area contributed by atoms with Crippen LogP contribution in [0.3, 0.4) is 0 Å². The molecular weight excluding hydrogens is 254 g/mol. The summed E-state index contributed by atoms with van der Waals surface area (Å²) in [5.74, 6) is 2.08. The van der Waals surface area contributed by atoms with Crippen LogP contribution in [-0.2, 0) is 17.8 Å². The first kappa shape index (κ1) is 13.5. The topological polar surface area (TPSA) is 71.8 Å². The van der Waals surface area contributed by atoms with Gasteiger partial charge in [-0.15, -0.1) is 10.2 Å². The van der Waals surface area contributed by atoms with Gasteiger partial charge in [0, 0.05) is 18.4 Å². The average Bonchev–Trinajstić information content (AvgIpc) is 3.01. The summed E-state index contributed by atoms with van der Waals surface area (Å²) in [4.78, 5) is 12.5. The molecule has 0 aromatic carbocycles. The minimum atomic E-state index is -0.257. The fraction of sp³-hybridized carbons (Fsp3) is 0.786. The fourth-order valence-electron chi connectivity index (χ4n) is 3.13. The Kier molecular flexibility index (Phi) is 3.50. The van der Waals surface area contributed by atoms with E-state index in [2.05, 4.69) is 32.3 Å². The molecule has 1 aromatic rings. The second-order valence-corrected chi connectivity index (χ2v) is 6.24. The van der Waals surface area contributed by atoms with Gasteiger partial charge in [-0.2, -0.15) is 0 Å². The maximum Gasteiger partial charge on any atom is 0.226 e. The van der Waals surface area contributed by atoms with Crippen LogP contribution >= 0.6 is 0 Å². The minimum absolute atomic E-state index is 0.0754. The van der Waals surface area contributed by atoms with E-state index in [1.54, 1.807) is 0 Å². The molecule has 3 heterocycles. The van der Waals surface area contributed by atoms with Gasteiger partial charge in [-0.05, 0) is 39.3 Å². The monoisotopic (exact) mass is 277 g/mol. The lowest BCUT2D eigenvalue weighted by molar-refractivity contribution is -0.132. The third kappa shape index (κ3) is 2.32. The predicted octanol–water partition coefficient (Wildman–Crippen LogP) is 0.791. The summed E-state index contributed by atoms with van der Waals surface area (Å²) < 4.78 is 2.15. The Morgan fingerprint density at radius 1 is 1.40 bits per heavy atom. The Morgan fingerprint density at radius 2 is 2.15 bits per heavy atom. The van der Waals surface area contributed by atoms with Gasteiger partial charge in [-0.25, -0.2) is 0 Å². The van der Waals surface area contributed by atoms with E-state index in [1.165, 1.54) is 0 Å². The normalized spacial score (nSPS) is 22.3. The molecule has 2 N–H and O–H groups in total. The Balaban J connectivity index is 1.69. The lowest BCUT2D eigenvalue weighted by Crippen LogP contribution is -2.46. The zero-order valence-electron chi connectivity index (χ0n) is 12.3. The summed E-state index contributed by atoms with van der Waals surface area (Å²) in [5.41, 5.74) is -0.257. The van der Waals surface area contributed by atoms with Gasteiger partial charge >= 0.3 is 0 Å². The first-order chi connectivity index (χ1) is 9.60. The Bertz CT molecular complexity index is 504. The molecule has 6 nitrogen and oxygen atoms in total. The van der Waals surface area contributed by atoms with E-state index >= 15 is 0 Å². The van der Waals surface area contributed by atoms with Gasteiger partial charge in [0.2, 0.25) is 5.91 Å². The summed E-state index contributed by atoms with van der Waals surface area (Å²) in [6, 6.07) is -0.0754. The molecule has 2 aliphatic rings. The Hall–Kier alpha value is -1.43. The zero-order chi connectivity index (χ0) is 14.2. The van der Waals surface area contributed by atoms with E-state index in [-0.39, 0.29) is 17.4 Å². The lowest BCUT2D eigenvalue weighted by atomic mass is 9.80. The van der Waals surface area contributed by atoms with Gasteiger partial charge in [0.15, 0.2) is 5.82 Å². The summed E-state index contributed by atoms with van der Waals surface area (Å²) >= 11 is 0. The number of nitrogens with one attached hydrogen (secondary N) is 2. The number of piperidine rings is 1. The van der Waals surface area contributed by atoms with Crippen LogP contribution in [0.5, 0.6) is 0 Å². The number of aryl methyl sites for hydroxylation is 1. The van der Waals surface area contributed by atoms with Crippen LogP contribution in [0.1, 0.15) is 50.8 Å². The molecule has 20 heavy (non-hydrogen) atoms. The predicted molar refractivity (Wildman–Crippen MR) is 75.1 cm³/mol. The van der Waals surface area contributed by atoms with Crippen LogP contribution in [-0.4, -0.2) is 33.8 Å². The molecule has 0 spiro atoms. The Labute approximate surface area is 119 Å². The maximum atomic E-state index is 12.5. The van der Waals surface area contributed by atoms with Crippen LogP contribution in [0.4, 0.5) is 0 Å². The molecule has 0 radical (unpaired) electrons. The van der Waals surface area contributed by atoms with Crippen molar-refractivity contribution in [2.45, 2.75) is 52.1 Å². The number of fused-ring (bicyclic) bond motifs is 1. The number of amides is 1. The highest BCUT2D eigenvalue weighted by atomic mass is 16.2. The van der Waals surface area contributed by atoms with E-state index in [9.17, 15) is 4.79 Å². The molecule has 3 rings (SSSR count). The first-order valence-corrected chi connectivity index (χ1v) is 7.54. The maximum absolute atomic E-state index is 12.5. The fourth-order valence-corrected chi connectivity index (χ4v) is 3.13. The molecule has 1 aromatic heterocycles. The van der Waals surface area contributed by atoms with E-state index in [0.29, 0.717) is 0 Å². The van der Waals surface area contributed by atoms with Crippen LogP contribution < -0.4 is 10.6 Å². The molecule has 110 valence electrons. The van der Waals surface area contributed by atoms with Crippen molar-refractivity contribution in [1.29, 1.82) is 0 Å². The van der Waals surface area contributed by atoms with Gasteiger partial charge in [0.05, 0.1) is 6.04 Å². The first-order valence-electron chi connectivity index (χ1n) is 7.54. The number of hydrogen-bond donors (Lipinski definition) is 2. The molecule has 6 heteroatoms. The number of hydrogen-bond acceptors (Lipinski definition) is 4. The highest BCUT2D eigenvalue weighted by Crippen LogP contribution is 2.29. The quantitative estimate of drug-likeness (QED) is 0.857. The number of carbonyl (C=O) groups excluding carboxylic acids is 1. The molecule has 1 amide bonds. The van der Waals surface area contributed by atoms with E-state index in [4.69, 9.17) is 0 Å². The third-order valence-corrected chi connectivity index (χ3v) is 4.63. The second kappa shape index (κ2) is 5.16. The molecule has 2 aliphatic heterocycles. The van der Waals surface area contributed by atoms with Gasteiger partial charge < -0.3 is 15.2 Å². The van der Waals surface area contributed by atoms with E-state index < -0.39 is 0 Å². The highest BCUT2D eigenvalue weighted by molar-refractivity contribution is 5.82. The molecule has 1 unspecified atom stereocenters. The van der Waals surface area contributed by atoms with E-state index in [0.717, 1.165) is 57.0 Å². The average molecular weight is 277 g/mol. The molecule has 1 saturated heterocycles. The number of aromatic nitrogens is 3. The third-order valence-electron chi connectivity index (χ3n) is 4.63. The van der Waals surface area contributed by atoms with Crippen LogP contribution in [0.15, 0.2) is 0 Å². The van der Waals surface area contributed by atoms with Crippen molar-refractivity contribution in [1.82, 2.24) is 25.4 Å². The van der Waals surface area contributed by atoms with Crippen molar-refractivity contribution < 1.29 is 4.79 Å².